The number of carbonyl (C=O) groups excluding carboxylic acids is 1. The number of methoxy groups -OCH3 is 1. The maximum absolute atomic E-state index is 15.0. The van der Waals surface area contributed by atoms with Crippen molar-refractivity contribution in [2.45, 2.75) is 38.1 Å². The lowest BCUT2D eigenvalue weighted by Crippen LogP contribution is -2.45. The second-order valence-corrected chi connectivity index (χ2v) is 12.1. The number of rotatable bonds is 12. The summed E-state index contributed by atoms with van der Waals surface area (Å²) < 4.78 is 49.4. The molecule has 0 amide bonds. The summed E-state index contributed by atoms with van der Waals surface area (Å²) in [6, 6.07) is 11.9. The molecule has 0 radical (unpaired) electrons. The summed E-state index contributed by atoms with van der Waals surface area (Å²) in [4.78, 5) is 27.6. The molecular weight excluding hydrogens is 511 g/mol. The maximum Gasteiger partial charge on any atom is 0.327 e. The fourth-order valence-corrected chi connectivity index (χ4v) is 5.04. The van der Waals surface area contributed by atoms with Crippen molar-refractivity contribution in [1.29, 1.82) is 0 Å². The molecule has 1 unspecified atom stereocenters. The minimum atomic E-state index is -3.80. The number of aryl methyl sites for hydroxylation is 1. The number of benzene rings is 2. The molecule has 1 heterocycles. The monoisotopic (exact) mass is 546 g/mol. The number of aromatic nitrogens is 1. The first-order chi connectivity index (χ1) is 17.9. The summed E-state index contributed by atoms with van der Waals surface area (Å²) in [6.45, 7) is 4.90. The first kappa shape index (κ1) is 29.5. The van der Waals surface area contributed by atoms with Crippen molar-refractivity contribution in [3.05, 3.63) is 70.4 Å². The van der Waals surface area contributed by atoms with Crippen LogP contribution in [0.4, 0.5) is 4.39 Å². The number of sulfone groups is 1. The van der Waals surface area contributed by atoms with Crippen LogP contribution in [0.1, 0.15) is 25.8 Å². The molecule has 3 rings (SSSR count). The van der Waals surface area contributed by atoms with E-state index in [-0.39, 0.29) is 30.9 Å². The van der Waals surface area contributed by atoms with Gasteiger partial charge >= 0.3 is 5.97 Å². The van der Waals surface area contributed by atoms with E-state index in [9.17, 15) is 18.0 Å². The minimum absolute atomic E-state index is 0.00776. The van der Waals surface area contributed by atoms with Crippen molar-refractivity contribution in [3.63, 3.8) is 0 Å². The van der Waals surface area contributed by atoms with Crippen LogP contribution in [-0.4, -0.2) is 68.8 Å². The van der Waals surface area contributed by atoms with Gasteiger partial charge in [-0.05, 0) is 68.1 Å². The smallest absolute Gasteiger partial charge is 0.327 e. The summed E-state index contributed by atoms with van der Waals surface area (Å²) in [5.74, 6) is -1.19. The Morgan fingerprint density at radius 1 is 1.16 bits per heavy atom. The number of pyridine rings is 1. The predicted octanol–water partition coefficient (Wildman–Crippen LogP) is 3.64. The predicted molar refractivity (Wildman–Crippen MR) is 146 cm³/mol. The summed E-state index contributed by atoms with van der Waals surface area (Å²) in [5, 5.41) is 1.04. The van der Waals surface area contributed by atoms with Crippen LogP contribution in [0.3, 0.4) is 0 Å². The highest BCUT2D eigenvalue weighted by Crippen LogP contribution is 2.27. The molecule has 1 atom stereocenters. The van der Waals surface area contributed by atoms with Gasteiger partial charge in [-0.25, -0.2) is 12.8 Å². The van der Waals surface area contributed by atoms with Crippen molar-refractivity contribution in [3.8, 4) is 11.1 Å². The Bertz CT molecular complexity index is 1470. The van der Waals surface area contributed by atoms with E-state index < -0.39 is 20.6 Å². The van der Waals surface area contributed by atoms with E-state index in [0.717, 1.165) is 18.4 Å². The van der Waals surface area contributed by atoms with E-state index in [0.29, 0.717) is 35.1 Å². The molecule has 1 aromatic heterocycles. The number of fused-ring (bicyclic) bond motifs is 1. The molecule has 0 aliphatic carbocycles. The highest BCUT2D eigenvalue weighted by atomic mass is 32.2. The van der Waals surface area contributed by atoms with Crippen LogP contribution in [0.15, 0.2) is 53.5 Å². The average molecular weight is 547 g/mol. The zero-order valence-corrected chi connectivity index (χ0v) is 23.3. The molecular formula is C28H35FN2O6S. The number of ether oxygens (including phenoxy) is 2. The Balaban J connectivity index is 1.85. The molecule has 0 fully saturated rings. The fraction of sp³-hybridized carbons (Fsp3) is 0.429. The van der Waals surface area contributed by atoms with Crippen molar-refractivity contribution in [2.24, 2.45) is 0 Å². The van der Waals surface area contributed by atoms with Crippen molar-refractivity contribution >= 4 is 26.6 Å². The van der Waals surface area contributed by atoms with Crippen molar-refractivity contribution < 1.29 is 27.1 Å². The van der Waals surface area contributed by atoms with Gasteiger partial charge < -0.3 is 14.0 Å². The Kier molecular flexibility index (Phi) is 9.45. The standard InChI is InChI=1S/C28H35FN2O6S/c1-6-37-27(33)28(2,38(5,34)35)12-14-31-13-11-22-18-21(8-10-24(22)26(31)32)23-9-7-20(17-25(23)29)19-30(3)15-16-36-4/h7-11,13,17-18H,6,12,14-16,19H2,1-5H3. The lowest BCUT2D eigenvalue weighted by atomic mass is 10.00. The molecule has 0 N–H and O–H groups in total. The van der Waals surface area contributed by atoms with Gasteiger partial charge in [0.1, 0.15) is 5.82 Å². The fourth-order valence-electron chi connectivity index (χ4n) is 4.22. The van der Waals surface area contributed by atoms with E-state index in [2.05, 4.69) is 0 Å². The van der Waals surface area contributed by atoms with Gasteiger partial charge in [-0.15, -0.1) is 0 Å². The average Bonchev–Trinajstić information content (AvgIpc) is 2.86. The van der Waals surface area contributed by atoms with E-state index in [1.165, 1.54) is 17.6 Å². The van der Waals surface area contributed by atoms with E-state index in [1.54, 1.807) is 50.6 Å². The second-order valence-electron chi connectivity index (χ2n) is 9.63. The molecule has 0 aliphatic heterocycles. The van der Waals surface area contributed by atoms with Gasteiger partial charge in [0.05, 0.1) is 13.2 Å². The molecule has 0 aliphatic rings. The van der Waals surface area contributed by atoms with E-state index in [1.807, 2.05) is 18.0 Å². The number of likely N-dealkylation sites (N-methyl/N-ethyl adjacent to an activating group) is 1. The summed E-state index contributed by atoms with van der Waals surface area (Å²) in [5.41, 5.74) is 1.58. The number of nitrogens with zero attached hydrogens (tertiary/aromatic N) is 2. The quantitative estimate of drug-likeness (QED) is 0.320. The lowest BCUT2D eigenvalue weighted by Gasteiger charge is -2.25. The molecule has 10 heteroatoms. The van der Waals surface area contributed by atoms with Gasteiger partial charge in [0.2, 0.25) is 0 Å². The zero-order chi connectivity index (χ0) is 28.1. The van der Waals surface area contributed by atoms with Gasteiger partial charge in [0.15, 0.2) is 14.6 Å². The number of hydrogen-bond donors (Lipinski definition) is 0. The molecule has 0 saturated carbocycles. The number of halogens is 1. The first-order valence-corrected chi connectivity index (χ1v) is 14.3. The van der Waals surface area contributed by atoms with Crippen LogP contribution in [0.25, 0.3) is 21.9 Å². The Labute approximate surface area is 222 Å². The SMILES string of the molecule is CCOC(=O)C(C)(CCn1ccc2cc(-c3ccc(CN(C)CCOC)cc3F)ccc2c1=O)S(C)(=O)=O. The normalized spacial score (nSPS) is 13.6. The third kappa shape index (κ3) is 6.48. The van der Waals surface area contributed by atoms with Crippen LogP contribution in [-0.2, 0) is 37.2 Å². The van der Waals surface area contributed by atoms with Crippen LogP contribution in [0.2, 0.25) is 0 Å². The Morgan fingerprint density at radius 3 is 2.53 bits per heavy atom. The molecule has 2 aromatic carbocycles. The van der Waals surface area contributed by atoms with Gasteiger partial charge in [-0.1, -0.05) is 18.2 Å². The number of hydrogen-bond acceptors (Lipinski definition) is 7. The van der Waals surface area contributed by atoms with Gasteiger partial charge in [0.25, 0.3) is 5.56 Å². The van der Waals surface area contributed by atoms with Crippen LogP contribution in [0, 0.1) is 5.82 Å². The lowest BCUT2D eigenvalue weighted by molar-refractivity contribution is -0.146. The summed E-state index contributed by atoms with van der Waals surface area (Å²) in [6.07, 6.45) is 2.42. The molecule has 0 spiro atoms. The van der Waals surface area contributed by atoms with Crippen molar-refractivity contribution in [2.75, 3.05) is 40.2 Å². The zero-order valence-electron chi connectivity index (χ0n) is 22.5. The topological polar surface area (TPSA) is 94.9 Å². The summed E-state index contributed by atoms with van der Waals surface area (Å²) >= 11 is 0. The van der Waals surface area contributed by atoms with Crippen LogP contribution < -0.4 is 5.56 Å². The molecule has 38 heavy (non-hydrogen) atoms. The van der Waals surface area contributed by atoms with E-state index >= 15 is 4.39 Å². The molecule has 0 saturated heterocycles. The molecule has 206 valence electrons. The molecule has 3 aromatic rings. The number of esters is 1. The maximum atomic E-state index is 15.0. The van der Waals surface area contributed by atoms with Crippen LogP contribution in [0.5, 0.6) is 0 Å². The van der Waals surface area contributed by atoms with Gasteiger partial charge in [-0.2, -0.15) is 0 Å². The molecule has 8 nitrogen and oxygen atoms in total. The van der Waals surface area contributed by atoms with E-state index in [4.69, 9.17) is 9.47 Å². The molecule has 0 bridgehead atoms. The van der Waals surface area contributed by atoms with Crippen LogP contribution >= 0.6 is 0 Å². The Hall–Kier alpha value is -3.08. The summed E-state index contributed by atoms with van der Waals surface area (Å²) in [7, 11) is -0.215. The van der Waals surface area contributed by atoms with Gasteiger partial charge in [0, 0.05) is 50.1 Å². The highest BCUT2D eigenvalue weighted by molar-refractivity contribution is 7.92. The Morgan fingerprint density at radius 2 is 1.89 bits per heavy atom. The third-order valence-corrected chi connectivity index (χ3v) is 8.81. The highest BCUT2D eigenvalue weighted by Gasteiger charge is 2.44. The third-order valence-electron chi connectivity index (χ3n) is 6.81. The van der Waals surface area contributed by atoms with Crippen molar-refractivity contribution in [1.82, 2.24) is 9.47 Å². The largest absolute Gasteiger partial charge is 0.465 e. The minimum Gasteiger partial charge on any atom is -0.465 e. The second kappa shape index (κ2) is 12.2. The number of carbonyl (C=O) groups is 1. The van der Waals surface area contributed by atoms with Gasteiger partial charge in [-0.3, -0.25) is 14.5 Å². The first-order valence-electron chi connectivity index (χ1n) is 12.4.